The molecule has 0 saturated carbocycles. The van der Waals surface area contributed by atoms with Gasteiger partial charge in [-0.1, -0.05) is 43.7 Å². The van der Waals surface area contributed by atoms with Gasteiger partial charge in [0.05, 0.1) is 6.54 Å². The average Bonchev–Trinajstić information content (AvgIpc) is 3.03. The number of likely N-dealkylation sites (tertiary alicyclic amines) is 1. The van der Waals surface area contributed by atoms with Gasteiger partial charge in [-0.2, -0.15) is 0 Å². The second-order valence-electron chi connectivity index (χ2n) is 7.10. The minimum absolute atomic E-state index is 0. The third-order valence-electron chi connectivity index (χ3n) is 5.55. The number of hydrogen-bond donors (Lipinski definition) is 2. The van der Waals surface area contributed by atoms with E-state index in [4.69, 9.17) is 0 Å². The third-order valence-corrected chi connectivity index (χ3v) is 5.55. The molecule has 2 N–H and O–H groups in total. The Hall–Kier alpha value is -1.84. The van der Waals surface area contributed by atoms with Crippen molar-refractivity contribution >= 4 is 41.9 Å². The number of guanidine groups is 1. The van der Waals surface area contributed by atoms with Crippen LogP contribution in [0.15, 0.2) is 35.3 Å². The lowest BCUT2D eigenvalue weighted by atomic mass is 9.79. The minimum atomic E-state index is -0.313. The Morgan fingerprint density at radius 2 is 2.04 bits per heavy atom. The quantitative estimate of drug-likeness (QED) is 0.282. The highest BCUT2D eigenvalue weighted by molar-refractivity contribution is 14.0. The number of carbonyl (C=O) groups is 2. The first-order chi connectivity index (χ1) is 13.1. The number of rotatable bonds is 5. The zero-order valence-electron chi connectivity index (χ0n) is 16.6. The summed E-state index contributed by atoms with van der Waals surface area (Å²) in [4.78, 5) is 31.2. The maximum absolute atomic E-state index is 11.7. The van der Waals surface area contributed by atoms with Gasteiger partial charge in [0.25, 0.3) is 0 Å². The van der Waals surface area contributed by atoms with E-state index in [0.29, 0.717) is 24.9 Å². The van der Waals surface area contributed by atoms with Crippen LogP contribution in [-0.4, -0.2) is 67.5 Å². The predicted molar refractivity (Wildman–Crippen MR) is 121 cm³/mol. The Labute approximate surface area is 184 Å². The first kappa shape index (κ1) is 22.4. The van der Waals surface area contributed by atoms with Crippen LogP contribution in [-0.2, 0) is 4.79 Å². The molecule has 0 bridgehead atoms. The SMILES string of the molecule is CCC1CN(C(=NC)NCCN2C(=O)CNC2=O)CCC1c1ccccc1.I. The van der Waals surface area contributed by atoms with Gasteiger partial charge in [-0.3, -0.25) is 14.7 Å². The van der Waals surface area contributed by atoms with Crippen molar-refractivity contribution in [2.45, 2.75) is 25.7 Å². The normalized spacial score (nSPS) is 22.7. The lowest BCUT2D eigenvalue weighted by Gasteiger charge is -2.40. The van der Waals surface area contributed by atoms with Gasteiger partial charge in [0.15, 0.2) is 5.96 Å². The molecule has 2 atom stereocenters. The number of halogens is 1. The number of aliphatic imine (C=N–C) groups is 1. The van der Waals surface area contributed by atoms with Gasteiger partial charge in [0.1, 0.15) is 0 Å². The van der Waals surface area contributed by atoms with Crippen molar-refractivity contribution in [1.82, 2.24) is 20.4 Å². The number of nitrogens with zero attached hydrogens (tertiary/aromatic N) is 3. The van der Waals surface area contributed by atoms with Crippen molar-refractivity contribution in [2.24, 2.45) is 10.9 Å². The largest absolute Gasteiger partial charge is 0.354 e. The predicted octanol–water partition coefficient (Wildman–Crippen LogP) is 2.25. The van der Waals surface area contributed by atoms with Crippen molar-refractivity contribution in [3.05, 3.63) is 35.9 Å². The van der Waals surface area contributed by atoms with Crippen LogP contribution in [0.5, 0.6) is 0 Å². The van der Waals surface area contributed by atoms with E-state index < -0.39 is 0 Å². The molecule has 0 aliphatic carbocycles. The van der Waals surface area contributed by atoms with E-state index in [1.165, 1.54) is 10.5 Å². The zero-order chi connectivity index (χ0) is 19.2. The highest BCUT2D eigenvalue weighted by Crippen LogP contribution is 2.34. The molecular weight excluding hydrogens is 469 g/mol. The zero-order valence-corrected chi connectivity index (χ0v) is 18.9. The Morgan fingerprint density at radius 1 is 1.29 bits per heavy atom. The summed E-state index contributed by atoms with van der Waals surface area (Å²) in [5.41, 5.74) is 1.42. The molecule has 7 nitrogen and oxygen atoms in total. The van der Waals surface area contributed by atoms with Gasteiger partial charge in [0.2, 0.25) is 5.91 Å². The summed E-state index contributed by atoms with van der Waals surface area (Å²) in [6.07, 6.45) is 2.21. The van der Waals surface area contributed by atoms with Gasteiger partial charge in [-0.05, 0) is 23.8 Å². The van der Waals surface area contributed by atoms with Crippen LogP contribution < -0.4 is 10.6 Å². The molecule has 8 heteroatoms. The second kappa shape index (κ2) is 10.6. The molecular formula is C20H30IN5O2. The number of urea groups is 1. The Kier molecular flexibility index (Phi) is 8.53. The van der Waals surface area contributed by atoms with E-state index in [-0.39, 0.29) is 42.5 Å². The van der Waals surface area contributed by atoms with Crippen LogP contribution >= 0.6 is 24.0 Å². The molecule has 2 aliphatic rings. The van der Waals surface area contributed by atoms with Gasteiger partial charge >= 0.3 is 6.03 Å². The Bertz CT molecular complexity index is 681. The molecule has 1 aromatic carbocycles. The smallest absolute Gasteiger partial charge is 0.324 e. The van der Waals surface area contributed by atoms with E-state index in [0.717, 1.165) is 31.9 Å². The lowest BCUT2D eigenvalue weighted by Crippen LogP contribution is -2.50. The first-order valence-corrected chi connectivity index (χ1v) is 9.72. The van der Waals surface area contributed by atoms with Gasteiger partial charge in [0, 0.05) is 33.2 Å². The van der Waals surface area contributed by atoms with Crippen molar-refractivity contribution < 1.29 is 9.59 Å². The van der Waals surface area contributed by atoms with E-state index in [9.17, 15) is 9.59 Å². The van der Waals surface area contributed by atoms with Crippen molar-refractivity contribution in [3.63, 3.8) is 0 Å². The van der Waals surface area contributed by atoms with E-state index in [1.807, 2.05) is 0 Å². The maximum Gasteiger partial charge on any atom is 0.324 e. The standard InChI is InChI=1S/C20H29N5O2.HI/c1-3-15-14-24(11-9-17(15)16-7-5-4-6-8-16)19(21-2)22-10-12-25-18(26)13-23-20(25)27;/h4-8,15,17H,3,9-14H2,1-2H3,(H,21,22)(H,23,27);1H. The molecule has 2 aliphatic heterocycles. The van der Waals surface area contributed by atoms with Crippen molar-refractivity contribution in [3.8, 4) is 0 Å². The second-order valence-corrected chi connectivity index (χ2v) is 7.10. The fraction of sp³-hybridized carbons (Fsp3) is 0.550. The third kappa shape index (κ3) is 5.15. The van der Waals surface area contributed by atoms with Crippen LogP contribution in [0.4, 0.5) is 4.79 Å². The topological polar surface area (TPSA) is 77.0 Å². The minimum Gasteiger partial charge on any atom is -0.354 e. The molecule has 3 rings (SSSR count). The summed E-state index contributed by atoms with van der Waals surface area (Å²) in [6.45, 7) is 5.09. The summed E-state index contributed by atoms with van der Waals surface area (Å²) in [6, 6.07) is 10.4. The Balaban J connectivity index is 0.00000280. The summed E-state index contributed by atoms with van der Waals surface area (Å²) >= 11 is 0. The Morgan fingerprint density at radius 3 is 2.64 bits per heavy atom. The van der Waals surface area contributed by atoms with Crippen LogP contribution in [0, 0.1) is 5.92 Å². The molecule has 3 amide bonds. The summed E-state index contributed by atoms with van der Waals surface area (Å²) in [5.74, 6) is 1.82. The molecule has 1 aromatic rings. The van der Waals surface area contributed by atoms with Crippen LogP contribution in [0.1, 0.15) is 31.2 Å². The number of benzene rings is 1. The molecule has 2 heterocycles. The summed E-state index contributed by atoms with van der Waals surface area (Å²) < 4.78 is 0. The fourth-order valence-corrected chi connectivity index (χ4v) is 4.07. The monoisotopic (exact) mass is 499 g/mol. The number of nitrogens with one attached hydrogen (secondary N) is 2. The number of carbonyl (C=O) groups excluding carboxylic acids is 2. The number of hydrogen-bond acceptors (Lipinski definition) is 3. The highest BCUT2D eigenvalue weighted by Gasteiger charge is 2.31. The molecule has 154 valence electrons. The van der Waals surface area contributed by atoms with Crippen LogP contribution in [0.3, 0.4) is 0 Å². The van der Waals surface area contributed by atoms with E-state index in [1.54, 1.807) is 7.05 Å². The first-order valence-electron chi connectivity index (χ1n) is 9.72. The summed E-state index contributed by atoms with van der Waals surface area (Å²) in [7, 11) is 1.78. The van der Waals surface area contributed by atoms with Crippen LogP contribution in [0.2, 0.25) is 0 Å². The van der Waals surface area contributed by atoms with Crippen LogP contribution in [0.25, 0.3) is 0 Å². The average molecular weight is 499 g/mol. The lowest BCUT2D eigenvalue weighted by molar-refractivity contribution is -0.124. The molecule has 28 heavy (non-hydrogen) atoms. The maximum atomic E-state index is 11.7. The number of imide groups is 1. The fourth-order valence-electron chi connectivity index (χ4n) is 4.07. The van der Waals surface area contributed by atoms with Crippen molar-refractivity contribution in [1.29, 1.82) is 0 Å². The molecule has 2 saturated heterocycles. The molecule has 2 unspecified atom stereocenters. The number of amides is 3. The van der Waals surface area contributed by atoms with E-state index in [2.05, 4.69) is 57.8 Å². The summed E-state index contributed by atoms with van der Waals surface area (Å²) in [5, 5.41) is 5.85. The molecule has 0 spiro atoms. The highest BCUT2D eigenvalue weighted by atomic mass is 127. The van der Waals surface area contributed by atoms with Gasteiger partial charge in [-0.25, -0.2) is 4.79 Å². The molecule has 2 fully saturated rings. The molecule has 0 radical (unpaired) electrons. The van der Waals surface area contributed by atoms with E-state index >= 15 is 0 Å². The van der Waals surface area contributed by atoms with Crippen molar-refractivity contribution in [2.75, 3.05) is 39.8 Å². The number of piperidine rings is 1. The van der Waals surface area contributed by atoms with Gasteiger partial charge < -0.3 is 15.5 Å². The van der Waals surface area contributed by atoms with Gasteiger partial charge in [-0.15, -0.1) is 24.0 Å². The molecule has 0 aromatic heterocycles.